The number of carbonyl (C=O) groups excluding carboxylic acids is 1. The topological polar surface area (TPSA) is 126 Å². The van der Waals surface area contributed by atoms with Crippen LogP contribution in [0.15, 0.2) is 24.4 Å². The number of aliphatic carboxylic acids is 1. The fourth-order valence-electron chi connectivity index (χ4n) is 5.51. The van der Waals surface area contributed by atoms with E-state index in [0.717, 1.165) is 50.2 Å². The summed E-state index contributed by atoms with van der Waals surface area (Å²) in [5.41, 5.74) is 1.79. The molecule has 0 radical (unpaired) electrons. The molecule has 1 aliphatic carbocycles. The van der Waals surface area contributed by atoms with E-state index in [1.807, 2.05) is 4.90 Å². The van der Waals surface area contributed by atoms with Crippen LogP contribution in [0, 0.1) is 0 Å². The summed E-state index contributed by atoms with van der Waals surface area (Å²) in [5, 5.41) is 16.4. The van der Waals surface area contributed by atoms with Gasteiger partial charge >= 0.3 is 5.97 Å². The zero-order valence-corrected chi connectivity index (χ0v) is 25.1. The van der Waals surface area contributed by atoms with Gasteiger partial charge in [-0.2, -0.15) is 0 Å². The lowest BCUT2D eigenvalue weighted by Gasteiger charge is -2.28. The Morgan fingerprint density at radius 3 is 2.74 bits per heavy atom. The average Bonchev–Trinajstić information content (AvgIpc) is 3.80. The maximum Gasteiger partial charge on any atom is 0.326 e. The normalized spacial score (nSPS) is 16.7. The molecular formula is C30H41ClFN5O5. The van der Waals surface area contributed by atoms with E-state index in [1.165, 1.54) is 26.0 Å². The van der Waals surface area contributed by atoms with Gasteiger partial charge in [0.25, 0.3) is 0 Å². The molecular weight excluding hydrogens is 565 g/mol. The summed E-state index contributed by atoms with van der Waals surface area (Å²) >= 11 is 6.41. The van der Waals surface area contributed by atoms with Gasteiger partial charge in [0.1, 0.15) is 18.5 Å². The van der Waals surface area contributed by atoms with Crippen molar-refractivity contribution >= 4 is 29.3 Å². The zero-order chi connectivity index (χ0) is 30.1. The van der Waals surface area contributed by atoms with Gasteiger partial charge in [0.05, 0.1) is 23.7 Å². The molecule has 0 spiro atoms. The largest absolute Gasteiger partial charge is 0.481 e. The molecule has 42 heavy (non-hydrogen) atoms. The third kappa shape index (κ3) is 7.87. The zero-order valence-electron chi connectivity index (χ0n) is 24.3. The number of methoxy groups -OCH3 is 2. The molecule has 1 amide bonds. The molecule has 3 heterocycles. The van der Waals surface area contributed by atoms with Crippen molar-refractivity contribution in [3.8, 4) is 5.88 Å². The van der Waals surface area contributed by atoms with Gasteiger partial charge in [-0.05, 0) is 75.6 Å². The van der Waals surface area contributed by atoms with Gasteiger partial charge in [0, 0.05) is 44.2 Å². The van der Waals surface area contributed by atoms with Gasteiger partial charge in [0.2, 0.25) is 11.8 Å². The average molecular weight is 606 g/mol. The third-order valence-corrected chi connectivity index (χ3v) is 8.45. The number of carbonyl (C=O) groups is 2. The molecule has 1 fully saturated rings. The van der Waals surface area contributed by atoms with Crippen LogP contribution in [0.25, 0.3) is 0 Å². The summed E-state index contributed by atoms with van der Waals surface area (Å²) in [6.07, 6.45) is 6.74. The first-order chi connectivity index (χ1) is 20.3. The quantitative estimate of drug-likeness (QED) is 0.231. The summed E-state index contributed by atoms with van der Waals surface area (Å²) in [4.78, 5) is 36.5. The molecule has 0 unspecified atom stereocenters. The number of carboxylic acids is 1. The molecule has 10 nitrogen and oxygen atoms in total. The molecule has 2 aliphatic rings. The smallest absolute Gasteiger partial charge is 0.326 e. The molecule has 4 rings (SSSR count). The summed E-state index contributed by atoms with van der Waals surface area (Å²) in [6.45, 7) is 1.60. The lowest BCUT2D eigenvalue weighted by molar-refractivity contribution is -0.142. The molecule has 0 saturated heterocycles. The lowest BCUT2D eigenvalue weighted by atomic mass is 9.95. The molecule has 230 valence electrons. The van der Waals surface area contributed by atoms with E-state index in [4.69, 9.17) is 26.1 Å². The minimum atomic E-state index is -1.13. The first kappa shape index (κ1) is 31.9. The Bertz CT molecular complexity index is 1230. The Kier molecular flexibility index (Phi) is 11.3. The number of fused-ring (bicyclic) bond motifs is 1. The Morgan fingerprint density at radius 2 is 2.05 bits per heavy atom. The molecule has 0 bridgehead atoms. The molecule has 2 atom stereocenters. The van der Waals surface area contributed by atoms with E-state index < -0.39 is 36.1 Å². The van der Waals surface area contributed by atoms with Crippen molar-refractivity contribution in [1.82, 2.24) is 20.2 Å². The van der Waals surface area contributed by atoms with Crippen molar-refractivity contribution in [2.45, 2.75) is 68.9 Å². The number of rotatable bonds is 17. The van der Waals surface area contributed by atoms with Crippen molar-refractivity contribution in [2.24, 2.45) is 0 Å². The van der Waals surface area contributed by atoms with Crippen molar-refractivity contribution < 1.29 is 28.6 Å². The van der Waals surface area contributed by atoms with Gasteiger partial charge in [0.15, 0.2) is 0 Å². The highest BCUT2D eigenvalue weighted by Crippen LogP contribution is 2.53. The number of nitrogens with zero attached hydrogens (tertiary/aromatic N) is 3. The fourth-order valence-corrected chi connectivity index (χ4v) is 5.83. The van der Waals surface area contributed by atoms with Crippen LogP contribution in [0.2, 0.25) is 5.02 Å². The number of carboxylic acid groups (broad SMARTS) is 1. The number of alkyl halides is 1. The maximum absolute atomic E-state index is 13.5. The second kappa shape index (κ2) is 14.9. The lowest BCUT2D eigenvalue weighted by Crippen LogP contribution is -2.47. The second-order valence-corrected chi connectivity index (χ2v) is 11.4. The van der Waals surface area contributed by atoms with E-state index in [9.17, 15) is 19.1 Å². The Balaban J connectivity index is 1.34. The SMILES string of the molecule is COc1nccc(Cl)c1C1(C(=O)N[C@@H](CCN(CCCCc2ccc3c(n2)NCCC3)C[C@@H](CF)OC)C(=O)O)CC1. The van der Waals surface area contributed by atoms with Crippen LogP contribution in [0.5, 0.6) is 5.88 Å². The van der Waals surface area contributed by atoms with E-state index in [1.54, 1.807) is 6.07 Å². The van der Waals surface area contributed by atoms with Crippen LogP contribution in [0.3, 0.4) is 0 Å². The van der Waals surface area contributed by atoms with E-state index in [-0.39, 0.29) is 12.3 Å². The third-order valence-electron chi connectivity index (χ3n) is 8.14. The first-order valence-corrected chi connectivity index (χ1v) is 15.0. The van der Waals surface area contributed by atoms with E-state index in [2.05, 4.69) is 27.8 Å². The molecule has 2 aromatic rings. The predicted molar refractivity (Wildman–Crippen MR) is 158 cm³/mol. The van der Waals surface area contributed by atoms with Crippen molar-refractivity contribution in [2.75, 3.05) is 52.4 Å². The van der Waals surface area contributed by atoms with E-state index >= 15 is 0 Å². The number of pyridine rings is 2. The van der Waals surface area contributed by atoms with Crippen molar-refractivity contribution in [3.63, 3.8) is 0 Å². The molecule has 1 aliphatic heterocycles. The van der Waals surface area contributed by atoms with Gasteiger partial charge in [-0.1, -0.05) is 17.7 Å². The number of halogens is 2. The Labute approximate surface area is 251 Å². The first-order valence-electron chi connectivity index (χ1n) is 14.6. The molecule has 12 heteroatoms. The Morgan fingerprint density at radius 1 is 1.24 bits per heavy atom. The Hall–Kier alpha value is -3.02. The number of hydrogen-bond donors (Lipinski definition) is 3. The number of amides is 1. The number of aryl methyl sites for hydroxylation is 2. The van der Waals surface area contributed by atoms with E-state index in [0.29, 0.717) is 43.1 Å². The number of ether oxygens (including phenoxy) is 2. The summed E-state index contributed by atoms with van der Waals surface area (Å²) in [5.74, 6) is -0.318. The van der Waals surface area contributed by atoms with Crippen LogP contribution in [-0.4, -0.2) is 91.1 Å². The number of nitrogens with one attached hydrogen (secondary N) is 2. The fraction of sp³-hybridized carbons (Fsp3) is 0.600. The standard InChI is InChI=1S/C30H41ClFN5O5/c1-41-22(18-32)19-37(16-4-3-7-21-9-8-20-6-5-14-33-26(20)35-21)17-11-24(28(38)39)36-29(40)30(12-13-30)25-23(31)10-15-34-27(25)42-2/h8-10,15,22,24H,3-7,11-14,16-19H2,1-2H3,(H,33,35)(H,36,40)(H,38,39)/t22-,24+/m1/s1. The number of hydrogen-bond acceptors (Lipinski definition) is 8. The summed E-state index contributed by atoms with van der Waals surface area (Å²) in [7, 11) is 2.92. The molecule has 1 saturated carbocycles. The van der Waals surface area contributed by atoms with Gasteiger partial charge in [-0.15, -0.1) is 0 Å². The van der Waals surface area contributed by atoms with Crippen LogP contribution in [-0.2, 0) is 32.6 Å². The minimum Gasteiger partial charge on any atom is -0.481 e. The van der Waals surface area contributed by atoms with Crippen LogP contribution in [0.1, 0.15) is 55.3 Å². The summed E-state index contributed by atoms with van der Waals surface area (Å²) in [6, 6.07) is 4.69. The van der Waals surface area contributed by atoms with Crippen LogP contribution < -0.4 is 15.4 Å². The molecule has 0 aromatic carbocycles. The highest BCUT2D eigenvalue weighted by atomic mass is 35.5. The monoisotopic (exact) mass is 605 g/mol. The number of anilines is 1. The number of unbranched alkanes of at least 4 members (excludes halogenated alkanes) is 1. The van der Waals surface area contributed by atoms with Crippen LogP contribution >= 0.6 is 11.6 Å². The van der Waals surface area contributed by atoms with Gasteiger partial charge in [-0.3, -0.25) is 4.79 Å². The molecule has 2 aromatic heterocycles. The maximum atomic E-state index is 13.5. The van der Waals surface area contributed by atoms with Crippen LogP contribution in [0.4, 0.5) is 10.2 Å². The summed E-state index contributed by atoms with van der Waals surface area (Å²) < 4.78 is 24.1. The van der Waals surface area contributed by atoms with Crippen molar-refractivity contribution in [3.05, 3.63) is 46.2 Å². The molecule has 3 N–H and O–H groups in total. The van der Waals surface area contributed by atoms with Crippen molar-refractivity contribution in [1.29, 1.82) is 0 Å². The second-order valence-electron chi connectivity index (χ2n) is 11.0. The minimum absolute atomic E-state index is 0.149. The number of aromatic nitrogens is 2. The predicted octanol–water partition coefficient (Wildman–Crippen LogP) is 3.80. The van der Waals surface area contributed by atoms with Gasteiger partial charge in [-0.25, -0.2) is 19.2 Å². The highest BCUT2D eigenvalue weighted by molar-refractivity contribution is 6.32. The van der Waals surface area contributed by atoms with Gasteiger partial charge < -0.3 is 30.1 Å². The highest BCUT2D eigenvalue weighted by Gasteiger charge is 2.55.